The first-order valence-corrected chi connectivity index (χ1v) is 6.27. The fourth-order valence-electron chi connectivity index (χ4n) is 1.16. The highest BCUT2D eigenvalue weighted by Crippen LogP contribution is 2.16. The molecule has 0 radical (unpaired) electrons. The van der Waals surface area contributed by atoms with Gasteiger partial charge in [-0.1, -0.05) is 12.1 Å². The van der Waals surface area contributed by atoms with E-state index in [1.165, 1.54) is 24.3 Å². The highest BCUT2D eigenvalue weighted by molar-refractivity contribution is 7.91. The van der Waals surface area contributed by atoms with Crippen molar-refractivity contribution in [3.05, 3.63) is 29.8 Å². The van der Waals surface area contributed by atoms with Crippen LogP contribution in [0.25, 0.3) is 0 Å². The molecule has 0 amide bonds. The number of carboxylic acids is 1. The maximum absolute atomic E-state index is 11.6. The standard InChI is InChI=1S/C10H12O5S/c1-7(10(12)13)16(14,15)6-8-3-2-4-9(11)5-8/h2-5,7,11H,6H2,1H3,(H,12,13). The van der Waals surface area contributed by atoms with Gasteiger partial charge in [-0.05, 0) is 24.6 Å². The smallest absolute Gasteiger partial charge is 0.321 e. The van der Waals surface area contributed by atoms with Crippen LogP contribution in [0.3, 0.4) is 0 Å². The summed E-state index contributed by atoms with van der Waals surface area (Å²) < 4.78 is 23.2. The van der Waals surface area contributed by atoms with Crippen LogP contribution in [0, 0.1) is 0 Å². The second-order valence-electron chi connectivity index (χ2n) is 3.46. The van der Waals surface area contributed by atoms with Crippen molar-refractivity contribution < 1.29 is 23.4 Å². The van der Waals surface area contributed by atoms with E-state index < -0.39 is 26.8 Å². The largest absolute Gasteiger partial charge is 0.508 e. The zero-order chi connectivity index (χ0) is 12.3. The topological polar surface area (TPSA) is 91.7 Å². The van der Waals surface area contributed by atoms with Crippen molar-refractivity contribution in [3.63, 3.8) is 0 Å². The van der Waals surface area contributed by atoms with Crippen LogP contribution in [0.2, 0.25) is 0 Å². The van der Waals surface area contributed by atoms with Gasteiger partial charge < -0.3 is 10.2 Å². The Labute approximate surface area is 93.3 Å². The van der Waals surface area contributed by atoms with Gasteiger partial charge in [-0.2, -0.15) is 0 Å². The van der Waals surface area contributed by atoms with Gasteiger partial charge in [-0.15, -0.1) is 0 Å². The van der Waals surface area contributed by atoms with Gasteiger partial charge in [-0.3, -0.25) is 4.79 Å². The molecule has 0 aliphatic rings. The van der Waals surface area contributed by atoms with Gasteiger partial charge in [-0.25, -0.2) is 8.42 Å². The molecule has 0 saturated carbocycles. The number of aromatic hydroxyl groups is 1. The third kappa shape index (κ3) is 2.96. The minimum absolute atomic E-state index is 0.0457. The predicted molar refractivity (Wildman–Crippen MR) is 57.8 cm³/mol. The molecule has 0 aliphatic heterocycles. The number of aliphatic carboxylic acids is 1. The number of hydrogen-bond donors (Lipinski definition) is 2. The zero-order valence-electron chi connectivity index (χ0n) is 8.62. The van der Waals surface area contributed by atoms with Crippen molar-refractivity contribution in [1.82, 2.24) is 0 Å². The molecule has 1 aromatic carbocycles. The Bertz CT molecular complexity index is 492. The van der Waals surface area contributed by atoms with E-state index in [1.807, 2.05) is 0 Å². The highest BCUT2D eigenvalue weighted by Gasteiger charge is 2.27. The monoisotopic (exact) mass is 244 g/mol. The summed E-state index contributed by atoms with van der Waals surface area (Å²) >= 11 is 0. The number of phenols is 1. The van der Waals surface area contributed by atoms with E-state index in [0.29, 0.717) is 5.56 Å². The highest BCUT2D eigenvalue weighted by atomic mass is 32.2. The molecule has 1 aromatic rings. The Kier molecular flexibility index (Phi) is 3.54. The Morgan fingerprint density at radius 1 is 1.44 bits per heavy atom. The van der Waals surface area contributed by atoms with Crippen molar-refractivity contribution in [2.75, 3.05) is 0 Å². The average Bonchev–Trinajstić information content (AvgIpc) is 2.15. The fourth-order valence-corrected chi connectivity index (χ4v) is 2.36. The lowest BCUT2D eigenvalue weighted by atomic mass is 10.2. The van der Waals surface area contributed by atoms with Gasteiger partial charge in [0, 0.05) is 0 Å². The lowest BCUT2D eigenvalue weighted by molar-refractivity contribution is -0.136. The third-order valence-electron chi connectivity index (χ3n) is 2.16. The van der Waals surface area contributed by atoms with Crippen molar-refractivity contribution in [1.29, 1.82) is 0 Å². The summed E-state index contributed by atoms with van der Waals surface area (Å²) in [6.45, 7) is 1.13. The van der Waals surface area contributed by atoms with Crippen LogP contribution in [-0.2, 0) is 20.4 Å². The first-order chi connectivity index (χ1) is 7.33. The molecule has 88 valence electrons. The molecule has 5 nitrogen and oxygen atoms in total. The van der Waals surface area contributed by atoms with E-state index >= 15 is 0 Å². The fraction of sp³-hybridized carbons (Fsp3) is 0.300. The van der Waals surface area contributed by atoms with Crippen LogP contribution < -0.4 is 0 Å². The molecule has 1 atom stereocenters. The summed E-state index contributed by atoms with van der Waals surface area (Å²) in [6.07, 6.45) is 0. The summed E-state index contributed by atoms with van der Waals surface area (Å²) in [7, 11) is -3.74. The maximum atomic E-state index is 11.6. The Morgan fingerprint density at radius 2 is 2.06 bits per heavy atom. The summed E-state index contributed by atoms with van der Waals surface area (Å²) in [5.41, 5.74) is 0.369. The predicted octanol–water partition coefficient (Wildman–Crippen LogP) is 0.780. The van der Waals surface area contributed by atoms with E-state index in [2.05, 4.69) is 0 Å². The van der Waals surface area contributed by atoms with Gasteiger partial charge in [0.25, 0.3) is 0 Å². The molecule has 0 heterocycles. The number of sulfone groups is 1. The van der Waals surface area contributed by atoms with Crippen molar-refractivity contribution in [2.45, 2.75) is 17.9 Å². The van der Waals surface area contributed by atoms with Gasteiger partial charge in [0.2, 0.25) is 0 Å². The first kappa shape index (κ1) is 12.5. The number of carbonyl (C=O) groups is 1. The van der Waals surface area contributed by atoms with Crippen LogP contribution >= 0.6 is 0 Å². The molecular formula is C10H12O5S. The quantitative estimate of drug-likeness (QED) is 0.816. The van der Waals surface area contributed by atoms with Gasteiger partial charge in [0.1, 0.15) is 5.75 Å². The molecule has 1 rings (SSSR count). The normalized spacial score (nSPS) is 13.3. The molecule has 6 heteroatoms. The molecule has 0 bridgehead atoms. The van der Waals surface area contributed by atoms with Gasteiger partial charge in [0.15, 0.2) is 15.1 Å². The zero-order valence-corrected chi connectivity index (χ0v) is 9.44. The molecular weight excluding hydrogens is 232 g/mol. The number of carboxylic acid groups (broad SMARTS) is 1. The molecule has 0 saturated heterocycles. The average molecular weight is 244 g/mol. The molecule has 0 aliphatic carbocycles. The summed E-state index contributed by atoms with van der Waals surface area (Å²) in [5.74, 6) is -1.81. The molecule has 0 aromatic heterocycles. The lowest BCUT2D eigenvalue weighted by Crippen LogP contribution is -2.28. The number of rotatable bonds is 4. The number of hydrogen-bond acceptors (Lipinski definition) is 4. The second-order valence-corrected chi connectivity index (χ2v) is 5.78. The molecule has 0 spiro atoms. The van der Waals surface area contributed by atoms with E-state index in [9.17, 15) is 13.2 Å². The Hall–Kier alpha value is -1.56. The SMILES string of the molecule is CC(C(=O)O)S(=O)(=O)Cc1cccc(O)c1. The minimum Gasteiger partial charge on any atom is -0.508 e. The van der Waals surface area contributed by atoms with E-state index in [0.717, 1.165) is 6.92 Å². The first-order valence-electron chi connectivity index (χ1n) is 4.55. The molecule has 0 fully saturated rings. The van der Waals surface area contributed by atoms with E-state index in [-0.39, 0.29) is 5.75 Å². The Balaban J connectivity index is 2.93. The van der Waals surface area contributed by atoms with Crippen molar-refractivity contribution in [2.24, 2.45) is 0 Å². The van der Waals surface area contributed by atoms with Gasteiger partial charge in [0.05, 0.1) is 5.75 Å². The van der Waals surface area contributed by atoms with Crippen LogP contribution in [0.4, 0.5) is 0 Å². The van der Waals surface area contributed by atoms with Crippen LogP contribution in [-0.4, -0.2) is 29.9 Å². The van der Waals surface area contributed by atoms with E-state index in [1.54, 1.807) is 0 Å². The molecule has 1 unspecified atom stereocenters. The minimum atomic E-state index is -3.74. The van der Waals surface area contributed by atoms with Crippen molar-refractivity contribution >= 4 is 15.8 Å². The van der Waals surface area contributed by atoms with Crippen molar-refractivity contribution in [3.8, 4) is 5.75 Å². The Morgan fingerprint density at radius 3 is 2.56 bits per heavy atom. The number of phenolic OH excluding ortho intramolecular Hbond substituents is 1. The summed E-state index contributed by atoms with van der Waals surface area (Å²) in [4.78, 5) is 10.6. The number of benzene rings is 1. The van der Waals surface area contributed by atoms with Gasteiger partial charge >= 0.3 is 5.97 Å². The summed E-state index contributed by atoms with van der Waals surface area (Å²) in [5, 5.41) is 16.3. The van der Waals surface area contributed by atoms with Crippen LogP contribution in [0.1, 0.15) is 12.5 Å². The molecule has 16 heavy (non-hydrogen) atoms. The molecule has 2 N–H and O–H groups in total. The third-order valence-corrected chi connectivity index (χ3v) is 4.18. The summed E-state index contributed by atoms with van der Waals surface area (Å²) in [6, 6.07) is 5.74. The van der Waals surface area contributed by atoms with E-state index in [4.69, 9.17) is 10.2 Å². The lowest BCUT2D eigenvalue weighted by Gasteiger charge is -2.08. The second kappa shape index (κ2) is 4.52. The maximum Gasteiger partial charge on any atom is 0.321 e. The van der Waals surface area contributed by atoms with Crippen LogP contribution in [0.5, 0.6) is 5.75 Å². The van der Waals surface area contributed by atoms with Crippen LogP contribution in [0.15, 0.2) is 24.3 Å².